The lowest BCUT2D eigenvalue weighted by molar-refractivity contribution is 0.428. The fraction of sp³-hybridized carbons (Fsp3) is 0.750. The lowest BCUT2D eigenvalue weighted by Crippen LogP contribution is -2.03. The van der Waals surface area contributed by atoms with E-state index in [1.54, 1.807) is 11.1 Å². The zero-order chi connectivity index (χ0) is 11.4. The summed E-state index contributed by atoms with van der Waals surface area (Å²) in [6.45, 7) is 4.80. The number of hydrogen-bond donors (Lipinski definition) is 0. The predicted molar refractivity (Wildman–Crippen MR) is 71.4 cm³/mol. The molecular weight excluding hydrogens is 192 g/mol. The molecule has 0 heterocycles. The van der Waals surface area contributed by atoms with Crippen LogP contribution in [0.25, 0.3) is 0 Å². The molecule has 2 unspecified atom stereocenters. The van der Waals surface area contributed by atoms with Crippen LogP contribution in [0.4, 0.5) is 0 Å². The van der Waals surface area contributed by atoms with Crippen molar-refractivity contribution < 1.29 is 0 Å². The summed E-state index contributed by atoms with van der Waals surface area (Å²) in [5.41, 5.74) is 3.39. The second-order valence-corrected chi connectivity index (χ2v) is 5.75. The number of rotatable bonds is 1. The Morgan fingerprint density at radius 1 is 0.938 bits per heavy atom. The molecule has 90 valence electrons. The largest absolute Gasteiger partial charge is 0.0811 e. The molecule has 0 aromatic carbocycles. The van der Waals surface area contributed by atoms with Gasteiger partial charge in [0.15, 0.2) is 0 Å². The lowest BCUT2D eigenvalue weighted by atomic mass is 9.92. The van der Waals surface area contributed by atoms with Gasteiger partial charge in [-0.05, 0) is 67.9 Å². The van der Waals surface area contributed by atoms with Crippen molar-refractivity contribution in [3.05, 3.63) is 23.3 Å². The van der Waals surface area contributed by atoms with Crippen LogP contribution in [0.3, 0.4) is 0 Å². The molecule has 0 aliphatic heterocycles. The minimum absolute atomic E-state index is 0.779. The third-order valence-corrected chi connectivity index (χ3v) is 4.42. The van der Waals surface area contributed by atoms with Crippen molar-refractivity contribution in [1.82, 2.24) is 0 Å². The SMILES string of the molecule is CC1C=C(C2=CCCCCC2)CCCC1C. The number of allylic oxidation sites excluding steroid dienone is 4. The van der Waals surface area contributed by atoms with Crippen LogP contribution >= 0.6 is 0 Å². The van der Waals surface area contributed by atoms with Crippen molar-refractivity contribution in [2.24, 2.45) is 11.8 Å². The zero-order valence-electron chi connectivity index (χ0n) is 11.0. The number of hydrogen-bond acceptors (Lipinski definition) is 0. The Labute approximate surface area is 101 Å². The van der Waals surface area contributed by atoms with Crippen molar-refractivity contribution in [2.45, 2.75) is 65.2 Å². The zero-order valence-corrected chi connectivity index (χ0v) is 11.0. The fourth-order valence-corrected chi connectivity index (χ4v) is 3.02. The standard InChI is InChI=1S/C16H26/c1-13-8-7-11-16(12-14(13)2)15-9-5-3-4-6-10-15/h9,12-14H,3-8,10-11H2,1-2H3. The van der Waals surface area contributed by atoms with Gasteiger partial charge in [0.2, 0.25) is 0 Å². The van der Waals surface area contributed by atoms with Gasteiger partial charge in [0.05, 0.1) is 0 Å². The van der Waals surface area contributed by atoms with Crippen molar-refractivity contribution in [3.8, 4) is 0 Å². The van der Waals surface area contributed by atoms with Crippen molar-refractivity contribution >= 4 is 0 Å². The lowest BCUT2D eigenvalue weighted by Gasteiger charge is -2.14. The van der Waals surface area contributed by atoms with Crippen LogP contribution in [0.5, 0.6) is 0 Å². The molecular formula is C16H26. The molecule has 0 heteroatoms. The Bertz CT molecular complexity index is 282. The van der Waals surface area contributed by atoms with E-state index in [2.05, 4.69) is 26.0 Å². The summed E-state index contributed by atoms with van der Waals surface area (Å²) in [5, 5.41) is 0. The molecule has 0 fully saturated rings. The second kappa shape index (κ2) is 5.70. The van der Waals surface area contributed by atoms with E-state index in [-0.39, 0.29) is 0 Å². The average Bonchev–Trinajstić information content (AvgIpc) is 2.62. The first-order valence-corrected chi connectivity index (χ1v) is 7.17. The smallest absolute Gasteiger partial charge is 0.0230 e. The van der Waals surface area contributed by atoms with E-state index >= 15 is 0 Å². The predicted octanol–water partition coefficient (Wildman–Crippen LogP) is 5.26. The van der Waals surface area contributed by atoms with Crippen LogP contribution < -0.4 is 0 Å². The molecule has 0 radical (unpaired) electrons. The highest BCUT2D eigenvalue weighted by atomic mass is 14.2. The Kier molecular flexibility index (Phi) is 4.26. The maximum Gasteiger partial charge on any atom is -0.0230 e. The molecule has 0 N–H and O–H groups in total. The summed E-state index contributed by atoms with van der Waals surface area (Å²) in [6.07, 6.45) is 16.2. The van der Waals surface area contributed by atoms with E-state index in [0.717, 1.165) is 11.8 Å². The van der Waals surface area contributed by atoms with Crippen LogP contribution in [0.1, 0.15) is 65.2 Å². The Morgan fingerprint density at radius 2 is 1.75 bits per heavy atom. The molecule has 0 aromatic rings. The van der Waals surface area contributed by atoms with Crippen molar-refractivity contribution in [1.29, 1.82) is 0 Å². The van der Waals surface area contributed by atoms with E-state index in [0.29, 0.717) is 0 Å². The van der Waals surface area contributed by atoms with E-state index < -0.39 is 0 Å². The molecule has 2 rings (SSSR count). The second-order valence-electron chi connectivity index (χ2n) is 5.75. The molecule has 0 amide bonds. The van der Waals surface area contributed by atoms with E-state index in [9.17, 15) is 0 Å². The molecule has 0 spiro atoms. The summed E-state index contributed by atoms with van der Waals surface area (Å²) in [7, 11) is 0. The molecule has 2 aliphatic carbocycles. The molecule has 0 nitrogen and oxygen atoms in total. The van der Waals surface area contributed by atoms with E-state index in [1.165, 1.54) is 51.4 Å². The minimum atomic E-state index is 0.779. The van der Waals surface area contributed by atoms with Crippen LogP contribution in [-0.4, -0.2) is 0 Å². The highest BCUT2D eigenvalue weighted by molar-refractivity contribution is 5.32. The Hall–Kier alpha value is -0.520. The Morgan fingerprint density at radius 3 is 2.62 bits per heavy atom. The van der Waals surface area contributed by atoms with Crippen LogP contribution in [0.15, 0.2) is 23.3 Å². The van der Waals surface area contributed by atoms with Crippen LogP contribution in [-0.2, 0) is 0 Å². The first-order valence-electron chi connectivity index (χ1n) is 7.17. The molecule has 2 aliphatic rings. The van der Waals surface area contributed by atoms with Gasteiger partial charge < -0.3 is 0 Å². The maximum absolute atomic E-state index is 2.58. The van der Waals surface area contributed by atoms with Gasteiger partial charge in [0.1, 0.15) is 0 Å². The van der Waals surface area contributed by atoms with Gasteiger partial charge >= 0.3 is 0 Å². The average molecular weight is 218 g/mol. The quantitative estimate of drug-likeness (QED) is 0.563. The van der Waals surface area contributed by atoms with Crippen LogP contribution in [0.2, 0.25) is 0 Å². The summed E-state index contributed by atoms with van der Waals surface area (Å²) in [4.78, 5) is 0. The highest BCUT2D eigenvalue weighted by Gasteiger charge is 2.17. The van der Waals surface area contributed by atoms with Crippen molar-refractivity contribution in [2.75, 3.05) is 0 Å². The van der Waals surface area contributed by atoms with Gasteiger partial charge in [-0.2, -0.15) is 0 Å². The van der Waals surface area contributed by atoms with Gasteiger partial charge in [0, 0.05) is 0 Å². The first kappa shape index (κ1) is 12.0. The molecule has 2 atom stereocenters. The highest BCUT2D eigenvalue weighted by Crippen LogP contribution is 2.33. The monoisotopic (exact) mass is 218 g/mol. The fourth-order valence-electron chi connectivity index (χ4n) is 3.02. The summed E-state index contributed by atoms with van der Waals surface area (Å²) in [6, 6.07) is 0. The van der Waals surface area contributed by atoms with Gasteiger partial charge in [-0.15, -0.1) is 0 Å². The molecule has 16 heavy (non-hydrogen) atoms. The molecule has 0 bridgehead atoms. The summed E-state index contributed by atoms with van der Waals surface area (Å²) >= 11 is 0. The molecule has 0 saturated heterocycles. The third-order valence-electron chi connectivity index (χ3n) is 4.42. The summed E-state index contributed by atoms with van der Waals surface area (Å²) in [5.74, 6) is 1.66. The van der Waals surface area contributed by atoms with Gasteiger partial charge in [-0.3, -0.25) is 0 Å². The Balaban J connectivity index is 2.11. The molecule has 0 aromatic heterocycles. The summed E-state index contributed by atoms with van der Waals surface area (Å²) < 4.78 is 0. The normalized spacial score (nSPS) is 32.4. The van der Waals surface area contributed by atoms with E-state index in [4.69, 9.17) is 0 Å². The first-order chi connectivity index (χ1) is 7.77. The maximum atomic E-state index is 2.58. The molecule has 0 saturated carbocycles. The van der Waals surface area contributed by atoms with Crippen molar-refractivity contribution in [3.63, 3.8) is 0 Å². The third kappa shape index (κ3) is 2.99. The topological polar surface area (TPSA) is 0 Å². The van der Waals surface area contributed by atoms with Crippen LogP contribution in [0, 0.1) is 11.8 Å². The van der Waals surface area contributed by atoms with Gasteiger partial charge in [-0.25, -0.2) is 0 Å². The minimum Gasteiger partial charge on any atom is -0.0811 e. The van der Waals surface area contributed by atoms with E-state index in [1.807, 2.05) is 0 Å². The van der Waals surface area contributed by atoms with Gasteiger partial charge in [0.25, 0.3) is 0 Å². The van der Waals surface area contributed by atoms with Gasteiger partial charge in [-0.1, -0.05) is 32.4 Å².